The number of aromatic hydroxyl groups is 1. The number of nitrogens with two attached hydrogens (primary N) is 1. The second-order valence-corrected chi connectivity index (χ2v) is 5.27. The molecule has 1 aromatic rings. The zero-order chi connectivity index (χ0) is 11.9. The third-order valence-corrected chi connectivity index (χ3v) is 4.24. The maximum atomic E-state index is 10.1. The first kappa shape index (κ1) is 11.7. The van der Waals surface area contributed by atoms with Gasteiger partial charge in [0.25, 0.3) is 0 Å². The Hall–Kier alpha value is -0.730. The average molecular weight is 240 g/mol. The van der Waals surface area contributed by atoms with Gasteiger partial charge in [-0.15, -0.1) is 0 Å². The molecule has 88 valence electrons. The third-order valence-electron chi connectivity index (χ3n) is 3.65. The highest BCUT2D eigenvalue weighted by Crippen LogP contribution is 2.44. The van der Waals surface area contributed by atoms with Gasteiger partial charge in [0.1, 0.15) is 5.75 Å². The Kier molecular flexibility index (Phi) is 2.89. The van der Waals surface area contributed by atoms with Crippen LogP contribution in [0.2, 0.25) is 5.02 Å². The highest BCUT2D eigenvalue weighted by atomic mass is 35.5. The summed E-state index contributed by atoms with van der Waals surface area (Å²) in [5.41, 5.74) is 8.69. The van der Waals surface area contributed by atoms with Gasteiger partial charge < -0.3 is 10.8 Å². The van der Waals surface area contributed by atoms with Gasteiger partial charge in [0, 0.05) is 16.1 Å². The number of phenols is 1. The Morgan fingerprint density at radius 3 is 2.44 bits per heavy atom. The number of benzene rings is 1. The SMILES string of the molecule is Cc1cc(O)c(C2(N)CCCC2)c(C)c1Cl. The Morgan fingerprint density at radius 2 is 1.88 bits per heavy atom. The van der Waals surface area contributed by atoms with Crippen LogP contribution < -0.4 is 5.73 Å². The van der Waals surface area contributed by atoms with Crippen LogP contribution in [0.5, 0.6) is 5.75 Å². The van der Waals surface area contributed by atoms with Crippen molar-refractivity contribution in [1.29, 1.82) is 0 Å². The summed E-state index contributed by atoms with van der Waals surface area (Å²) in [6, 6.07) is 1.72. The Labute approximate surface area is 101 Å². The summed E-state index contributed by atoms with van der Waals surface area (Å²) in [7, 11) is 0. The minimum atomic E-state index is -0.383. The molecule has 1 aliphatic carbocycles. The van der Waals surface area contributed by atoms with E-state index in [0.29, 0.717) is 5.75 Å². The molecule has 0 heterocycles. The summed E-state index contributed by atoms with van der Waals surface area (Å²) < 4.78 is 0. The molecule has 1 fully saturated rings. The fourth-order valence-electron chi connectivity index (χ4n) is 2.82. The number of rotatable bonds is 1. The van der Waals surface area contributed by atoms with E-state index < -0.39 is 0 Å². The first-order chi connectivity index (χ1) is 7.46. The molecule has 2 nitrogen and oxygen atoms in total. The molecular weight excluding hydrogens is 222 g/mol. The Bertz CT molecular complexity index is 422. The van der Waals surface area contributed by atoms with E-state index in [2.05, 4.69) is 0 Å². The Balaban J connectivity index is 2.60. The molecule has 0 amide bonds. The molecule has 2 rings (SSSR count). The summed E-state index contributed by atoms with van der Waals surface area (Å²) in [6.45, 7) is 3.84. The van der Waals surface area contributed by atoms with Crippen LogP contribution in [-0.2, 0) is 5.54 Å². The third kappa shape index (κ3) is 1.70. The molecule has 0 saturated heterocycles. The van der Waals surface area contributed by atoms with Crippen LogP contribution in [0.15, 0.2) is 6.07 Å². The average Bonchev–Trinajstić information content (AvgIpc) is 2.62. The molecule has 0 bridgehead atoms. The molecule has 0 atom stereocenters. The number of aryl methyl sites for hydroxylation is 1. The van der Waals surface area contributed by atoms with E-state index in [4.69, 9.17) is 17.3 Å². The zero-order valence-corrected chi connectivity index (χ0v) is 10.6. The fourth-order valence-corrected chi connectivity index (χ4v) is 2.97. The van der Waals surface area contributed by atoms with Crippen LogP contribution in [0.3, 0.4) is 0 Å². The summed E-state index contributed by atoms with van der Waals surface area (Å²) >= 11 is 6.23. The van der Waals surface area contributed by atoms with Gasteiger partial charge in [0.2, 0.25) is 0 Å². The van der Waals surface area contributed by atoms with Gasteiger partial charge in [-0.1, -0.05) is 24.4 Å². The Morgan fingerprint density at radius 1 is 1.31 bits per heavy atom. The second kappa shape index (κ2) is 3.94. The molecule has 0 radical (unpaired) electrons. The van der Waals surface area contributed by atoms with Crippen molar-refractivity contribution in [2.75, 3.05) is 0 Å². The normalized spacial score (nSPS) is 19.0. The minimum Gasteiger partial charge on any atom is -0.508 e. The predicted octanol–water partition coefficient (Wildman–Crippen LogP) is 3.39. The van der Waals surface area contributed by atoms with Crippen molar-refractivity contribution >= 4 is 11.6 Å². The maximum Gasteiger partial charge on any atom is 0.121 e. The smallest absolute Gasteiger partial charge is 0.121 e. The lowest BCUT2D eigenvalue weighted by Gasteiger charge is -2.28. The van der Waals surface area contributed by atoms with Crippen LogP contribution in [0, 0.1) is 13.8 Å². The van der Waals surface area contributed by atoms with E-state index in [-0.39, 0.29) is 5.54 Å². The highest BCUT2D eigenvalue weighted by molar-refractivity contribution is 6.32. The van der Waals surface area contributed by atoms with Crippen LogP contribution in [0.1, 0.15) is 42.4 Å². The van der Waals surface area contributed by atoms with Crippen molar-refractivity contribution in [3.05, 3.63) is 27.8 Å². The molecule has 1 aromatic carbocycles. The lowest BCUT2D eigenvalue weighted by atomic mass is 9.85. The van der Waals surface area contributed by atoms with Crippen molar-refractivity contribution in [3.63, 3.8) is 0 Å². The summed E-state index contributed by atoms with van der Waals surface area (Å²) in [6.07, 6.45) is 4.11. The lowest BCUT2D eigenvalue weighted by Crippen LogP contribution is -2.34. The van der Waals surface area contributed by atoms with E-state index in [1.807, 2.05) is 13.8 Å². The van der Waals surface area contributed by atoms with Crippen molar-refractivity contribution in [3.8, 4) is 5.75 Å². The van der Waals surface area contributed by atoms with E-state index >= 15 is 0 Å². The first-order valence-electron chi connectivity index (χ1n) is 5.74. The van der Waals surface area contributed by atoms with E-state index in [0.717, 1.165) is 47.4 Å². The lowest BCUT2D eigenvalue weighted by molar-refractivity contribution is 0.407. The van der Waals surface area contributed by atoms with Gasteiger partial charge in [-0.05, 0) is 43.9 Å². The van der Waals surface area contributed by atoms with Crippen LogP contribution in [-0.4, -0.2) is 5.11 Å². The largest absolute Gasteiger partial charge is 0.508 e. The molecular formula is C13H18ClNO. The van der Waals surface area contributed by atoms with Gasteiger partial charge in [-0.2, -0.15) is 0 Å². The molecule has 3 heteroatoms. The molecule has 1 aliphatic rings. The maximum absolute atomic E-state index is 10.1. The highest BCUT2D eigenvalue weighted by Gasteiger charge is 2.35. The van der Waals surface area contributed by atoms with Crippen molar-refractivity contribution in [1.82, 2.24) is 0 Å². The topological polar surface area (TPSA) is 46.2 Å². The fraction of sp³-hybridized carbons (Fsp3) is 0.538. The predicted molar refractivity (Wildman–Crippen MR) is 66.9 cm³/mol. The molecule has 16 heavy (non-hydrogen) atoms. The standard InChI is InChI=1S/C13H18ClNO/c1-8-7-10(16)11(9(2)12(8)14)13(15)5-3-4-6-13/h7,16H,3-6,15H2,1-2H3. The van der Waals surface area contributed by atoms with Crippen LogP contribution in [0.25, 0.3) is 0 Å². The second-order valence-electron chi connectivity index (χ2n) is 4.89. The summed E-state index contributed by atoms with van der Waals surface area (Å²) in [5.74, 6) is 0.295. The van der Waals surface area contributed by atoms with Crippen molar-refractivity contribution in [2.45, 2.75) is 45.1 Å². The summed E-state index contributed by atoms with van der Waals surface area (Å²) in [4.78, 5) is 0. The van der Waals surface area contributed by atoms with Crippen LogP contribution >= 0.6 is 11.6 Å². The van der Waals surface area contributed by atoms with E-state index in [1.54, 1.807) is 6.07 Å². The minimum absolute atomic E-state index is 0.295. The molecule has 0 spiro atoms. The van der Waals surface area contributed by atoms with Gasteiger partial charge >= 0.3 is 0 Å². The van der Waals surface area contributed by atoms with Crippen LogP contribution in [0.4, 0.5) is 0 Å². The number of hydrogen-bond acceptors (Lipinski definition) is 2. The monoisotopic (exact) mass is 239 g/mol. The molecule has 0 aromatic heterocycles. The van der Waals surface area contributed by atoms with Gasteiger partial charge in [-0.25, -0.2) is 0 Å². The molecule has 0 unspecified atom stereocenters. The molecule has 0 aliphatic heterocycles. The van der Waals surface area contributed by atoms with E-state index in [9.17, 15) is 5.11 Å². The number of halogens is 1. The van der Waals surface area contributed by atoms with Gasteiger partial charge in [0.15, 0.2) is 0 Å². The molecule has 3 N–H and O–H groups in total. The van der Waals surface area contributed by atoms with E-state index in [1.165, 1.54) is 0 Å². The van der Waals surface area contributed by atoms with Gasteiger partial charge in [0.05, 0.1) is 0 Å². The number of hydrogen-bond donors (Lipinski definition) is 2. The summed E-state index contributed by atoms with van der Waals surface area (Å²) in [5, 5.41) is 10.8. The van der Waals surface area contributed by atoms with Crippen molar-refractivity contribution in [2.24, 2.45) is 5.73 Å². The quantitative estimate of drug-likeness (QED) is 0.789. The molecule has 1 saturated carbocycles. The zero-order valence-electron chi connectivity index (χ0n) is 9.81. The van der Waals surface area contributed by atoms with Crippen molar-refractivity contribution < 1.29 is 5.11 Å². The van der Waals surface area contributed by atoms with Gasteiger partial charge in [-0.3, -0.25) is 0 Å². The number of phenolic OH excluding ortho intramolecular Hbond substituents is 1. The first-order valence-corrected chi connectivity index (χ1v) is 6.11.